The zero-order chi connectivity index (χ0) is 26.0. The number of benzene rings is 2. The van der Waals surface area contributed by atoms with Crippen LogP contribution in [0.15, 0.2) is 54.6 Å². The number of carbonyl (C=O) groups is 2. The third kappa shape index (κ3) is 6.43. The first-order chi connectivity index (χ1) is 16.2. The Kier molecular flexibility index (Phi) is 6.94. The van der Waals surface area contributed by atoms with Gasteiger partial charge in [-0.2, -0.15) is 18.3 Å². The van der Waals surface area contributed by atoms with E-state index in [0.717, 1.165) is 10.7 Å². The predicted octanol–water partition coefficient (Wildman–Crippen LogP) is 5.13. The van der Waals surface area contributed by atoms with Gasteiger partial charge in [-0.3, -0.25) is 15.5 Å². The molecule has 3 rings (SSSR count). The quantitative estimate of drug-likeness (QED) is 0.267. The molecular formula is C23H21F4N5O3. The Hall–Kier alpha value is -4.22. The number of carbonyl (C=O) groups excluding carboxylic acids is 2. The summed E-state index contributed by atoms with van der Waals surface area (Å²) in [6, 6.07) is 11.2. The van der Waals surface area contributed by atoms with Crippen LogP contribution in [0, 0.1) is 11.2 Å². The van der Waals surface area contributed by atoms with Crippen LogP contribution < -0.4 is 10.6 Å². The van der Waals surface area contributed by atoms with Crippen LogP contribution in [-0.4, -0.2) is 33.2 Å². The summed E-state index contributed by atoms with van der Waals surface area (Å²) >= 11 is 0. The lowest BCUT2D eigenvalue weighted by atomic mass is 10.1. The van der Waals surface area contributed by atoms with Gasteiger partial charge in [-0.15, -0.1) is 0 Å². The first-order valence-corrected chi connectivity index (χ1v) is 10.2. The summed E-state index contributed by atoms with van der Waals surface area (Å²) in [5.74, 6) is -2.20. The number of nitrogens with zero attached hydrogens (tertiary/aromatic N) is 2. The normalized spacial score (nSPS) is 11.6. The number of amidine groups is 1. The van der Waals surface area contributed by atoms with E-state index in [1.807, 2.05) is 0 Å². The Balaban J connectivity index is 1.96. The molecule has 0 aliphatic heterocycles. The number of alkyl carbamates (subject to hydrolysis) is 1. The maximum absolute atomic E-state index is 13.9. The van der Waals surface area contributed by atoms with Crippen LogP contribution in [0.25, 0.3) is 5.69 Å². The van der Waals surface area contributed by atoms with E-state index in [2.05, 4.69) is 15.7 Å². The van der Waals surface area contributed by atoms with Crippen LogP contribution >= 0.6 is 0 Å². The van der Waals surface area contributed by atoms with Crippen LogP contribution in [0.4, 0.5) is 28.0 Å². The minimum atomic E-state index is -4.86. The van der Waals surface area contributed by atoms with Crippen molar-refractivity contribution in [2.24, 2.45) is 0 Å². The number of rotatable bonds is 4. The molecule has 0 unspecified atom stereocenters. The van der Waals surface area contributed by atoms with Crippen molar-refractivity contribution in [2.75, 3.05) is 5.32 Å². The van der Waals surface area contributed by atoms with E-state index < -0.39 is 41.0 Å². The van der Waals surface area contributed by atoms with Crippen molar-refractivity contribution in [3.05, 3.63) is 77.4 Å². The highest BCUT2D eigenvalue weighted by molar-refractivity contribution is 6.05. The summed E-state index contributed by atoms with van der Waals surface area (Å²) in [5, 5.41) is 16.1. The molecule has 2 amide bonds. The average molecular weight is 491 g/mol. The molecule has 1 heterocycles. The monoisotopic (exact) mass is 491 g/mol. The fraction of sp³-hybridized carbons (Fsp3) is 0.217. The molecule has 8 nitrogen and oxygen atoms in total. The first kappa shape index (κ1) is 25.4. The molecule has 0 saturated heterocycles. The van der Waals surface area contributed by atoms with E-state index in [9.17, 15) is 27.2 Å². The lowest BCUT2D eigenvalue weighted by Crippen LogP contribution is -2.36. The fourth-order valence-corrected chi connectivity index (χ4v) is 2.90. The maximum atomic E-state index is 13.9. The lowest BCUT2D eigenvalue weighted by Gasteiger charge is -2.20. The van der Waals surface area contributed by atoms with E-state index in [1.54, 1.807) is 20.8 Å². The third-order valence-corrected chi connectivity index (χ3v) is 4.36. The van der Waals surface area contributed by atoms with Crippen molar-refractivity contribution in [1.29, 1.82) is 5.41 Å². The molecule has 0 radical (unpaired) electrons. The predicted molar refractivity (Wildman–Crippen MR) is 119 cm³/mol. The molecule has 35 heavy (non-hydrogen) atoms. The smallest absolute Gasteiger partial charge is 0.435 e. The summed E-state index contributed by atoms with van der Waals surface area (Å²) < 4.78 is 59.9. The molecule has 0 atom stereocenters. The van der Waals surface area contributed by atoms with Crippen molar-refractivity contribution < 1.29 is 31.9 Å². The number of amides is 2. The highest BCUT2D eigenvalue weighted by atomic mass is 19.4. The van der Waals surface area contributed by atoms with Crippen LogP contribution in [0.3, 0.4) is 0 Å². The van der Waals surface area contributed by atoms with Crippen molar-refractivity contribution in [3.63, 3.8) is 0 Å². The van der Waals surface area contributed by atoms with Gasteiger partial charge >= 0.3 is 12.3 Å². The van der Waals surface area contributed by atoms with Gasteiger partial charge < -0.3 is 10.1 Å². The summed E-state index contributed by atoms with van der Waals surface area (Å²) in [6.45, 7) is 4.92. The molecular weight excluding hydrogens is 470 g/mol. The van der Waals surface area contributed by atoms with Crippen molar-refractivity contribution >= 4 is 23.5 Å². The number of alkyl halides is 3. The van der Waals surface area contributed by atoms with E-state index in [-0.39, 0.29) is 22.8 Å². The lowest BCUT2D eigenvalue weighted by molar-refractivity contribution is -0.141. The molecule has 1 aromatic heterocycles. The van der Waals surface area contributed by atoms with Gasteiger partial charge in [-0.05, 0) is 45.0 Å². The largest absolute Gasteiger partial charge is 0.444 e. The summed E-state index contributed by atoms with van der Waals surface area (Å²) in [6.07, 6.45) is -5.75. The molecule has 0 spiro atoms. The number of nitrogens with one attached hydrogen (secondary N) is 3. The SMILES string of the molecule is CC(C)(C)OC(=O)NC(=N)c1cccc(-n2nc(C(F)(F)F)cc2C(=O)Nc2ccccc2F)c1. The number of halogens is 4. The van der Waals surface area contributed by atoms with Gasteiger partial charge in [0.2, 0.25) is 0 Å². The zero-order valence-corrected chi connectivity index (χ0v) is 18.8. The van der Waals surface area contributed by atoms with E-state index in [0.29, 0.717) is 6.07 Å². The topological polar surface area (TPSA) is 109 Å². The minimum Gasteiger partial charge on any atom is -0.444 e. The summed E-state index contributed by atoms with van der Waals surface area (Å²) in [7, 11) is 0. The van der Waals surface area contributed by atoms with Crippen LogP contribution in [0.5, 0.6) is 0 Å². The number of para-hydroxylation sites is 1. The molecule has 3 aromatic rings. The molecule has 2 aromatic carbocycles. The Morgan fingerprint density at radius 3 is 2.34 bits per heavy atom. The van der Waals surface area contributed by atoms with Crippen LogP contribution in [-0.2, 0) is 10.9 Å². The molecule has 12 heteroatoms. The second kappa shape index (κ2) is 9.57. The average Bonchev–Trinajstić information content (AvgIpc) is 3.20. The number of hydrogen-bond donors (Lipinski definition) is 3. The van der Waals surface area contributed by atoms with Gasteiger partial charge in [-0.1, -0.05) is 24.3 Å². The van der Waals surface area contributed by atoms with E-state index >= 15 is 0 Å². The van der Waals surface area contributed by atoms with Crippen molar-refractivity contribution in [3.8, 4) is 5.69 Å². The van der Waals surface area contributed by atoms with Crippen molar-refractivity contribution in [2.45, 2.75) is 32.5 Å². The first-order valence-electron chi connectivity index (χ1n) is 10.2. The molecule has 184 valence electrons. The van der Waals surface area contributed by atoms with Gasteiger partial charge in [-0.25, -0.2) is 13.9 Å². The number of hydrogen-bond acceptors (Lipinski definition) is 5. The number of anilines is 1. The number of aromatic nitrogens is 2. The van der Waals surface area contributed by atoms with Gasteiger partial charge in [0.25, 0.3) is 5.91 Å². The summed E-state index contributed by atoms with van der Waals surface area (Å²) in [4.78, 5) is 24.7. The van der Waals surface area contributed by atoms with Crippen LogP contribution in [0.2, 0.25) is 0 Å². The second-order valence-electron chi connectivity index (χ2n) is 8.31. The Bertz CT molecular complexity index is 1280. The van der Waals surface area contributed by atoms with E-state index in [4.69, 9.17) is 10.1 Å². The van der Waals surface area contributed by atoms with Crippen LogP contribution in [0.1, 0.15) is 42.5 Å². The summed E-state index contributed by atoms with van der Waals surface area (Å²) in [5.41, 5.74) is -2.80. The molecule has 0 saturated carbocycles. The van der Waals surface area contributed by atoms with Crippen molar-refractivity contribution in [1.82, 2.24) is 15.1 Å². The molecule has 0 fully saturated rings. The molecule has 0 bridgehead atoms. The second-order valence-corrected chi connectivity index (χ2v) is 8.31. The number of ether oxygens (including phenoxy) is 1. The van der Waals surface area contributed by atoms with Gasteiger partial charge in [0.15, 0.2) is 5.69 Å². The standard InChI is InChI=1S/C23H21F4N5O3/c1-22(2,3)35-21(34)30-19(28)13-7-6-8-14(11-13)32-17(12-18(31-32)23(25,26)27)20(33)29-16-10-5-4-9-15(16)24/h4-12H,1-3H3,(H,29,33)(H2,28,30,34). The van der Waals surface area contributed by atoms with Gasteiger partial charge in [0.1, 0.15) is 22.9 Å². The Morgan fingerprint density at radius 2 is 1.71 bits per heavy atom. The third-order valence-electron chi connectivity index (χ3n) is 4.36. The fourth-order valence-electron chi connectivity index (χ4n) is 2.90. The van der Waals surface area contributed by atoms with Gasteiger partial charge in [0.05, 0.1) is 11.4 Å². The zero-order valence-electron chi connectivity index (χ0n) is 18.8. The van der Waals surface area contributed by atoms with E-state index in [1.165, 1.54) is 42.5 Å². The minimum absolute atomic E-state index is 0.00702. The van der Waals surface area contributed by atoms with Gasteiger partial charge in [0, 0.05) is 11.6 Å². The molecule has 3 N–H and O–H groups in total. The highest BCUT2D eigenvalue weighted by Crippen LogP contribution is 2.30. The Labute approximate surface area is 197 Å². The highest BCUT2D eigenvalue weighted by Gasteiger charge is 2.36. The molecule has 0 aliphatic carbocycles. The molecule has 0 aliphatic rings. The Morgan fingerprint density at radius 1 is 1.03 bits per heavy atom. The maximum Gasteiger partial charge on any atom is 0.435 e.